The lowest BCUT2D eigenvalue weighted by atomic mass is 9.94. The Balaban J connectivity index is 2.09. The van der Waals surface area contributed by atoms with E-state index < -0.39 is 0 Å². The zero-order chi connectivity index (χ0) is 14.0. The topological polar surface area (TPSA) is 32.5 Å². The number of likely N-dealkylation sites (N-methyl/N-ethyl adjacent to an activating group) is 2. The van der Waals surface area contributed by atoms with Gasteiger partial charge in [0, 0.05) is 35.7 Å². The van der Waals surface area contributed by atoms with E-state index in [1.807, 2.05) is 0 Å². The third-order valence-electron chi connectivity index (χ3n) is 4.49. The van der Waals surface area contributed by atoms with Crippen LogP contribution in [0.5, 0.6) is 0 Å². The molecule has 0 amide bonds. The number of nitrogens with zero attached hydrogens (tertiary/aromatic N) is 2. The summed E-state index contributed by atoms with van der Waals surface area (Å²) in [6.45, 7) is 5.00. The Morgan fingerprint density at radius 2 is 2.05 bits per heavy atom. The molecule has 1 heterocycles. The summed E-state index contributed by atoms with van der Waals surface area (Å²) >= 11 is 3.48. The van der Waals surface area contributed by atoms with Crippen molar-refractivity contribution < 1.29 is 0 Å². The number of hydrogen-bond donors (Lipinski definition) is 1. The average molecular weight is 326 g/mol. The van der Waals surface area contributed by atoms with Gasteiger partial charge in [0.25, 0.3) is 0 Å². The highest BCUT2D eigenvalue weighted by atomic mass is 79.9. The molecule has 0 aromatic heterocycles. The van der Waals surface area contributed by atoms with E-state index in [-0.39, 0.29) is 5.54 Å². The summed E-state index contributed by atoms with van der Waals surface area (Å²) in [6.07, 6.45) is 1.15. The Hall–Kier alpha value is -0.420. The highest BCUT2D eigenvalue weighted by molar-refractivity contribution is 9.10. The van der Waals surface area contributed by atoms with Gasteiger partial charge in [0.2, 0.25) is 0 Å². The maximum absolute atomic E-state index is 6.10. The fourth-order valence-electron chi connectivity index (χ4n) is 3.00. The van der Waals surface area contributed by atoms with Gasteiger partial charge in [-0.05, 0) is 45.1 Å². The molecule has 1 saturated heterocycles. The second-order valence-electron chi connectivity index (χ2n) is 5.88. The van der Waals surface area contributed by atoms with E-state index in [2.05, 4.69) is 71.0 Å². The third-order valence-corrected chi connectivity index (χ3v) is 5.02. The lowest BCUT2D eigenvalue weighted by molar-refractivity contribution is 0.126. The molecule has 0 saturated carbocycles. The molecule has 1 fully saturated rings. The highest BCUT2D eigenvalue weighted by Gasteiger charge is 2.42. The van der Waals surface area contributed by atoms with Gasteiger partial charge >= 0.3 is 0 Å². The standard InChI is InChI=1S/C15H24BrN3/c1-12-8-15(10-17,11-18(12)2)19(3)9-13-4-6-14(16)7-5-13/h4-7,12H,8-11,17H2,1-3H3. The zero-order valence-electron chi connectivity index (χ0n) is 12.1. The SMILES string of the molecule is CC1CC(CN)(N(C)Cc2ccc(Br)cc2)CN1C. The number of halogens is 1. The van der Waals surface area contributed by atoms with Gasteiger partial charge in [0.05, 0.1) is 0 Å². The van der Waals surface area contributed by atoms with Gasteiger partial charge < -0.3 is 10.6 Å². The predicted molar refractivity (Wildman–Crippen MR) is 84.1 cm³/mol. The first-order chi connectivity index (χ1) is 8.97. The fourth-order valence-corrected chi connectivity index (χ4v) is 3.27. The van der Waals surface area contributed by atoms with Crippen molar-refractivity contribution in [2.75, 3.05) is 27.2 Å². The van der Waals surface area contributed by atoms with Gasteiger partial charge in [-0.15, -0.1) is 0 Å². The molecule has 2 unspecified atom stereocenters. The van der Waals surface area contributed by atoms with E-state index in [0.29, 0.717) is 12.6 Å². The number of benzene rings is 1. The monoisotopic (exact) mass is 325 g/mol. The van der Waals surface area contributed by atoms with Crippen LogP contribution < -0.4 is 5.73 Å². The third kappa shape index (κ3) is 3.19. The van der Waals surface area contributed by atoms with Crippen molar-refractivity contribution in [1.82, 2.24) is 9.80 Å². The predicted octanol–water partition coefficient (Wildman–Crippen LogP) is 2.30. The Bertz CT molecular complexity index is 408. The molecule has 2 rings (SSSR count). The van der Waals surface area contributed by atoms with Crippen LogP contribution in [0.3, 0.4) is 0 Å². The van der Waals surface area contributed by atoms with E-state index in [4.69, 9.17) is 5.73 Å². The molecule has 0 spiro atoms. The van der Waals surface area contributed by atoms with Crippen molar-refractivity contribution >= 4 is 15.9 Å². The van der Waals surface area contributed by atoms with Crippen molar-refractivity contribution in [2.24, 2.45) is 5.73 Å². The first-order valence-corrected chi connectivity index (χ1v) is 7.62. The summed E-state index contributed by atoms with van der Waals surface area (Å²) < 4.78 is 1.13. The molecule has 0 bridgehead atoms. The van der Waals surface area contributed by atoms with Crippen molar-refractivity contribution in [3.8, 4) is 0 Å². The smallest absolute Gasteiger partial charge is 0.0473 e. The highest BCUT2D eigenvalue weighted by Crippen LogP contribution is 2.31. The van der Waals surface area contributed by atoms with Crippen LogP contribution in [0, 0.1) is 0 Å². The summed E-state index contributed by atoms with van der Waals surface area (Å²) in [5.41, 5.74) is 7.54. The Morgan fingerprint density at radius 1 is 1.42 bits per heavy atom. The van der Waals surface area contributed by atoms with Crippen molar-refractivity contribution in [1.29, 1.82) is 0 Å². The van der Waals surface area contributed by atoms with Gasteiger partial charge in [-0.3, -0.25) is 4.90 Å². The number of nitrogens with two attached hydrogens (primary N) is 1. The molecule has 1 aliphatic heterocycles. The minimum atomic E-state index is 0.112. The number of hydrogen-bond acceptors (Lipinski definition) is 3. The van der Waals surface area contributed by atoms with Crippen LogP contribution in [0.4, 0.5) is 0 Å². The number of likely N-dealkylation sites (tertiary alicyclic amines) is 1. The molecular weight excluding hydrogens is 302 g/mol. The van der Waals surface area contributed by atoms with Crippen LogP contribution in [-0.4, -0.2) is 48.6 Å². The Morgan fingerprint density at radius 3 is 2.53 bits per heavy atom. The van der Waals surface area contributed by atoms with Crippen LogP contribution in [0.1, 0.15) is 18.9 Å². The summed E-state index contributed by atoms with van der Waals surface area (Å²) in [4.78, 5) is 4.83. The molecule has 0 aliphatic carbocycles. The fraction of sp³-hybridized carbons (Fsp3) is 0.600. The van der Waals surface area contributed by atoms with Gasteiger partial charge in [0.1, 0.15) is 0 Å². The van der Waals surface area contributed by atoms with Gasteiger partial charge in [-0.25, -0.2) is 0 Å². The molecule has 1 aromatic carbocycles. The first-order valence-electron chi connectivity index (χ1n) is 6.83. The second kappa shape index (κ2) is 5.92. The van der Waals surface area contributed by atoms with E-state index in [1.54, 1.807) is 0 Å². The molecule has 4 heteroatoms. The van der Waals surface area contributed by atoms with Crippen LogP contribution in [0.25, 0.3) is 0 Å². The van der Waals surface area contributed by atoms with Crippen LogP contribution >= 0.6 is 15.9 Å². The minimum absolute atomic E-state index is 0.112. The molecule has 2 N–H and O–H groups in total. The van der Waals surface area contributed by atoms with Crippen LogP contribution in [0.2, 0.25) is 0 Å². The van der Waals surface area contributed by atoms with E-state index >= 15 is 0 Å². The first kappa shape index (κ1) is 15.0. The lowest BCUT2D eigenvalue weighted by Crippen LogP contribution is -2.53. The minimum Gasteiger partial charge on any atom is -0.329 e. The van der Waals surface area contributed by atoms with Gasteiger partial charge in [-0.2, -0.15) is 0 Å². The largest absolute Gasteiger partial charge is 0.329 e. The molecule has 1 aromatic rings. The maximum atomic E-state index is 6.10. The number of rotatable bonds is 4. The average Bonchev–Trinajstić information content (AvgIpc) is 2.69. The summed E-state index contributed by atoms with van der Waals surface area (Å²) in [6, 6.07) is 9.15. The summed E-state index contributed by atoms with van der Waals surface area (Å²) in [5, 5.41) is 0. The second-order valence-corrected chi connectivity index (χ2v) is 6.79. The molecule has 1 aliphatic rings. The zero-order valence-corrected chi connectivity index (χ0v) is 13.7. The molecule has 106 valence electrons. The summed E-state index contributed by atoms with van der Waals surface area (Å²) in [5.74, 6) is 0. The van der Waals surface area contributed by atoms with Gasteiger partial charge in [0.15, 0.2) is 0 Å². The van der Waals surface area contributed by atoms with E-state index in [0.717, 1.165) is 24.0 Å². The van der Waals surface area contributed by atoms with Crippen molar-refractivity contribution in [3.05, 3.63) is 34.3 Å². The van der Waals surface area contributed by atoms with Crippen molar-refractivity contribution in [2.45, 2.75) is 31.5 Å². The molecule has 2 atom stereocenters. The van der Waals surface area contributed by atoms with E-state index in [1.165, 1.54) is 5.56 Å². The van der Waals surface area contributed by atoms with Crippen LogP contribution in [0.15, 0.2) is 28.7 Å². The lowest BCUT2D eigenvalue weighted by Gasteiger charge is -2.38. The Labute approximate surface area is 124 Å². The van der Waals surface area contributed by atoms with Gasteiger partial charge in [-0.1, -0.05) is 28.1 Å². The molecule has 19 heavy (non-hydrogen) atoms. The quantitative estimate of drug-likeness (QED) is 0.922. The molecular formula is C15H24BrN3. The summed E-state index contributed by atoms with van der Waals surface area (Å²) in [7, 11) is 4.39. The maximum Gasteiger partial charge on any atom is 0.0473 e. The normalized spacial score (nSPS) is 28.2. The van der Waals surface area contributed by atoms with Crippen molar-refractivity contribution in [3.63, 3.8) is 0 Å². The van der Waals surface area contributed by atoms with E-state index in [9.17, 15) is 0 Å². The molecule has 0 radical (unpaired) electrons. The molecule has 3 nitrogen and oxygen atoms in total. The van der Waals surface area contributed by atoms with Crippen LogP contribution in [-0.2, 0) is 6.54 Å². The Kier molecular flexibility index (Phi) is 4.66.